The van der Waals surface area contributed by atoms with E-state index in [-0.39, 0.29) is 25.1 Å². The molecule has 1 heterocycles. The number of ether oxygens (including phenoxy) is 1. The molecule has 1 rings (SSSR count). The number of morpholine rings is 1. The average Bonchev–Trinajstić information content (AvgIpc) is 2.26. The van der Waals surface area contributed by atoms with Gasteiger partial charge in [0.05, 0.1) is 19.3 Å². The highest BCUT2D eigenvalue weighted by Crippen LogP contribution is 2.12. The zero-order valence-corrected chi connectivity index (χ0v) is 10.5. The molecule has 0 spiro atoms. The average molecular weight is 292 g/mol. The highest BCUT2D eigenvalue weighted by molar-refractivity contribution is 5.85. The number of halogens is 4. The van der Waals surface area contributed by atoms with E-state index in [9.17, 15) is 18.0 Å². The normalized spacial score (nSPS) is 21.2. The summed E-state index contributed by atoms with van der Waals surface area (Å²) in [6, 6.07) is 0. The maximum absolute atomic E-state index is 11.8. The minimum atomic E-state index is -4.37. The fraction of sp³-hybridized carbons (Fsp3) is 0.889. The molecule has 1 aliphatic rings. The Morgan fingerprint density at radius 3 is 2.72 bits per heavy atom. The topological polar surface area (TPSA) is 67.6 Å². The van der Waals surface area contributed by atoms with Gasteiger partial charge in [-0.2, -0.15) is 13.2 Å². The summed E-state index contributed by atoms with van der Waals surface area (Å²) in [5.74, 6) is -0.639. The zero-order chi connectivity index (χ0) is 12.9. The summed E-state index contributed by atoms with van der Waals surface area (Å²) < 4.78 is 40.8. The Labute approximate surface area is 109 Å². The number of nitrogens with zero attached hydrogens (tertiary/aromatic N) is 1. The van der Waals surface area contributed by atoms with Crippen molar-refractivity contribution in [1.82, 2.24) is 10.2 Å². The van der Waals surface area contributed by atoms with Crippen molar-refractivity contribution in [1.29, 1.82) is 0 Å². The second kappa shape index (κ2) is 7.78. The van der Waals surface area contributed by atoms with Crippen LogP contribution in [0.5, 0.6) is 0 Å². The van der Waals surface area contributed by atoms with Crippen LogP contribution in [0.25, 0.3) is 0 Å². The first-order valence-electron chi connectivity index (χ1n) is 5.28. The highest BCUT2D eigenvalue weighted by atomic mass is 35.5. The van der Waals surface area contributed by atoms with Gasteiger partial charge in [0.15, 0.2) is 0 Å². The van der Waals surface area contributed by atoms with Crippen LogP contribution in [0.1, 0.15) is 0 Å². The minimum absolute atomic E-state index is 0. The van der Waals surface area contributed by atoms with Gasteiger partial charge < -0.3 is 15.8 Å². The minimum Gasteiger partial charge on any atom is -0.374 e. The number of rotatable bonds is 4. The molecule has 3 N–H and O–H groups in total. The van der Waals surface area contributed by atoms with E-state index >= 15 is 0 Å². The third kappa shape index (κ3) is 7.00. The molecule has 1 unspecified atom stereocenters. The second-order valence-electron chi connectivity index (χ2n) is 3.86. The van der Waals surface area contributed by atoms with Gasteiger partial charge in [-0.15, -0.1) is 12.4 Å². The van der Waals surface area contributed by atoms with Crippen molar-refractivity contribution in [3.8, 4) is 0 Å². The Morgan fingerprint density at radius 1 is 1.50 bits per heavy atom. The molecular weight excluding hydrogens is 275 g/mol. The number of carbonyl (C=O) groups is 1. The molecule has 0 saturated carbocycles. The van der Waals surface area contributed by atoms with Crippen LogP contribution < -0.4 is 11.1 Å². The van der Waals surface area contributed by atoms with E-state index in [0.717, 1.165) is 0 Å². The van der Waals surface area contributed by atoms with Crippen molar-refractivity contribution < 1.29 is 22.7 Å². The highest BCUT2D eigenvalue weighted by Gasteiger charge is 2.28. The summed E-state index contributed by atoms with van der Waals surface area (Å²) in [6.07, 6.45) is -4.53. The van der Waals surface area contributed by atoms with Crippen molar-refractivity contribution >= 4 is 18.3 Å². The summed E-state index contributed by atoms with van der Waals surface area (Å²) >= 11 is 0. The van der Waals surface area contributed by atoms with Gasteiger partial charge in [0.2, 0.25) is 5.91 Å². The Bertz CT molecular complexity index is 266. The van der Waals surface area contributed by atoms with Gasteiger partial charge in [-0.3, -0.25) is 9.69 Å². The molecule has 1 aliphatic heterocycles. The van der Waals surface area contributed by atoms with Crippen molar-refractivity contribution in [3.05, 3.63) is 0 Å². The van der Waals surface area contributed by atoms with Gasteiger partial charge >= 0.3 is 6.18 Å². The molecule has 0 radical (unpaired) electrons. The number of nitrogens with one attached hydrogen (secondary N) is 1. The molecule has 0 aromatic carbocycles. The maximum atomic E-state index is 11.8. The van der Waals surface area contributed by atoms with Gasteiger partial charge in [-0.1, -0.05) is 0 Å². The van der Waals surface area contributed by atoms with E-state index in [4.69, 9.17) is 10.5 Å². The Morgan fingerprint density at radius 2 is 2.17 bits per heavy atom. The SMILES string of the molecule is Cl.NCC1CN(CC(=O)NCC(F)(F)F)CCO1. The first kappa shape index (κ1) is 17.4. The largest absolute Gasteiger partial charge is 0.405 e. The molecule has 5 nitrogen and oxygen atoms in total. The lowest BCUT2D eigenvalue weighted by Gasteiger charge is -2.31. The first-order valence-corrected chi connectivity index (χ1v) is 5.28. The quantitative estimate of drug-likeness (QED) is 0.749. The van der Waals surface area contributed by atoms with E-state index in [1.54, 1.807) is 4.90 Å². The lowest BCUT2D eigenvalue weighted by atomic mass is 10.2. The molecule has 1 saturated heterocycles. The van der Waals surface area contributed by atoms with Crippen LogP contribution in [0, 0.1) is 0 Å². The molecular formula is C9H17ClF3N3O2. The maximum Gasteiger partial charge on any atom is 0.405 e. The lowest BCUT2D eigenvalue weighted by Crippen LogP contribution is -2.49. The van der Waals surface area contributed by atoms with Crippen molar-refractivity contribution in [2.45, 2.75) is 12.3 Å². The second-order valence-corrected chi connectivity index (χ2v) is 3.86. The Hall–Kier alpha value is -0.570. The van der Waals surface area contributed by atoms with Crippen LogP contribution in [0.15, 0.2) is 0 Å². The van der Waals surface area contributed by atoms with Crippen LogP contribution in [0.2, 0.25) is 0 Å². The van der Waals surface area contributed by atoms with E-state index < -0.39 is 18.6 Å². The molecule has 1 fully saturated rings. The van der Waals surface area contributed by atoms with Crippen LogP contribution in [0.4, 0.5) is 13.2 Å². The predicted molar refractivity (Wildman–Crippen MR) is 61.5 cm³/mol. The van der Waals surface area contributed by atoms with Gasteiger partial charge in [-0.25, -0.2) is 0 Å². The monoisotopic (exact) mass is 291 g/mol. The smallest absolute Gasteiger partial charge is 0.374 e. The molecule has 0 aromatic rings. The van der Waals surface area contributed by atoms with Crippen molar-refractivity contribution in [2.75, 3.05) is 39.3 Å². The molecule has 0 aliphatic carbocycles. The molecule has 1 atom stereocenters. The third-order valence-corrected chi connectivity index (χ3v) is 2.34. The number of nitrogens with two attached hydrogens (primary N) is 1. The molecule has 1 amide bonds. The van der Waals surface area contributed by atoms with E-state index in [0.29, 0.717) is 26.2 Å². The fourth-order valence-corrected chi connectivity index (χ4v) is 1.52. The summed E-state index contributed by atoms with van der Waals surface area (Å²) in [5, 5.41) is 1.83. The third-order valence-electron chi connectivity index (χ3n) is 2.34. The van der Waals surface area contributed by atoms with Gasteiger partial charge in [0.25, 0.3) is 0 Å². The summed E-state index contributed by atoms with van der Waals surface area (Å²) in [4.78, 5) is 13.0. The summed E-state index contributed by atoms with van der Waals surface area (Å²) in [5.41, 5.74) is 5.41. The van der Waals surface area contributed by atoms with Crippen molar-refractivity contribution in [2.24, 2.45) is 5.73 Å². The number of hydrogen-bond acceptors (Lipinski definition) is 4. The lowest BCUT2D eigenvalue weighted by molar-refractivity contribution is -0.140. The van der Waals surface area contributed by atoms with Crippen LogP contribution in [-0.2, 0) is 9.53 Å². The fourth-order valence-electron chi connectivity index (χ4n) is 1.52. The number of hydrogen-bond donors (Lipinski definition) is 2. The summed E-state index contributed by atoms with van der Waals surface area (Å²) in [6.45, 7) is 0.410. The van der Waals surface area contributed by atoms with Crippen molar-refractivity contribution in [3.63, 3.8) is 0 Å². The molecule has 9 heteroatoms. The van der Waals surface area contributed by atoms with Crippen LogP contribution >= 0.6 is 12.4 Å². The van der Waals surface area contributed by atoms with E-state index in [2.05, 4.69) is 0 Å². The van der Waals surface area contributed by atoms with E-state index in [1.165, 1.54) is 0 Å². The zero-order valence-electron chi connectivity index (χ0n) is 9.70. The molecule has 18 heavy (non-hydrogen) atoms. The number of amides is 1. The number of carbonyl (C=O) groups excluding carboxylic acids is 1. The number of alkyl halides is 3. The standard InChI is InChI=1S/C9H16F3N3O2.ClH/c10-9(11,12)6-14-8(16)5-15-1-2-17-7(3-13)4-15;/h7H,1-6,13H2,(H,14,16);1H. The first-order chi connectivity index (χ1) is 7.90. The predicted octanol–water partition coefficient (Wildman–Crippen LogP) is -0.254. The van der Waals surface area contributed by atoms with E-state index in [1.807, 2.05) is 5.32 Å². The van der Waals surface area contributed by atoms with Crippen LogP contribution in [0.3, 0.4) is 0 Å². The molecule has 108 valence electrons. The van der Waals surface area contributed by atoms with Gasteiger partial charge in [-0.05, 0) is 0 Å². The van der Waals surface area contributed by atoms with Gasteiger partial charge in [0.1, 0.15) is 6.54 Å². The molecule has 0 bridgehead atoms. The Kier molecular flexibility index (Phi) is 7.53. The molecule has 0 aromatic heterocycles. The Balaban J connectivity index is 0.00000289. The van der Waals surface area contributed by atoms with Crippen LogP contribution in [-0.4, -0.2) is 62.4 Å². The summed E-state index contributed by atoms with van der Waals surface area (Å²) in [7, 11) is 0. The van der Waals surface area contributed by atoms with Gasteiger partial charge in [0, 0.05) is 19.6 Å².